The molecule has 90 valence electrons. The van der Waals surface area contributed by atoms with Crippen LogP contribution >= 0.6 is 0 Å². The second-order valence-corrected chi connectivity index (χ2v) is 5.02. The van der Waals surface area contributed by atoms with Crippen molar-refractivity contribution in [3.8, 4) is 0 Å². The predicted octanol–water partition coefficient (Wildman–Crippen LogP) is 0.826. The van der Waals surface area contributed by atoms with Gasteiger partial charge in [-0.2, -0.15) is 0 Å². The molecular formula is C11H18N2O2S. The van der Waals surface area contributed by atoms with Crippen LogP contribution in [0.3, 0.4) is 0 Å². The van der Waals surface area contributed by atoms with E-state index in [0.29, 0.717) is 24.7 Å². The molecule has 2 N–H and O–H groups in total. The first-order chi connectivity index (χ1) is 7.77. The summed E-state index contributed by atoms with van der Waals surface area (Å²) < 4.78 is 16.7. The first-order valence-electron chi connectivity index (χ1n) is 5.24. The third kappa shape index (κ3) is 4.38. The van der Waals surface area contributed by atoms with Crippen molar-refractivity contribution in [2.45, 2.75) is 18.7 Å². The molecule has 0 bridgehead atoms. The lowest BCUT2D eigenvalue weighted by Gasteiger charge is -2.06. The summed E-state index contributed by atoms with van der Waals surface area (Å²) in [6, 6.07) is 3.78. The third-order valence-corrected chi connectivity index (χ3v) is 3.59. The van der Waals surface area contributed by atoms with Crippen LogP contribution in [0.1, 0.15) is 17.7 Å². The summed E-state index contributed by atoms with van der Waals surface area (Å²) in [5.41, 5.74) is 7.39. The molecule has 1 aromatic heterocycles. The Morgan fingerprint density at radius 3 is 3.06 bits per heavy atom. The molecule has 1 atom stereocenters. The van der Waals surface area contributed by atoms with Gasteiger partial charge in [0.05, 0.1) is 11.4 Å². The van der Waals surface area contributed by atoms with E-state index in [2.05, 4.69) is 4.98 Å². The summed E-state index contributed by atoms with van der Waals surface area (Å²) in [7, 11) is 0.789. The number of rotatable bonds is 7. The van der Waals surface area contributed by atoms with Gasteiger partial charge in [0.25, 0.3) is 0 Å². The molecule has 0 aliphatic heterocycles. The molecule has 0 aliphatic carbocycles. The minimum atomic E-state index is -0.860. The molecule has 0 aromatic carbocycles. The van der Waals surface area contributed by atoms with Crippen LogP contribution in [0.2, 0.25) is 0 Å². The zero-order valence-electron chi connectivity index (χ0n) is 9.52. The fourth-order valence-electron chi connectivity index (χ4n) is 1.40. The zero-order chi connectivity index (χ0) is 11.8. The van der Waals surface area contributed by atoms with Gasteiger partial charge < -0.3 is 10.5 Å². The fourth-order valence-corrected chi connectivity index (χ4v) is 2.59. The van der Waals surface area contributed by atoms with Crippen LogP contribution in [0.4, 0.5) is 0 Å². The van der Waals surface area contributed by atoms with Crippen molar-refractivity contribution in [2.24, 2.45) is 5.73 Å². The molecule has 1 aromatic rings. The highest BCUT2D eigenvalue weighted by atomic mass is 32.2. The quantitative estimate of drug-likeness (QED) is 0.719. The molecule has 4 nitrogen and oxygen atoms in total. The molecule has 1 unspecified atom stereocenters. The maximum atomic E-state index is 11.7. The normalized spacial score (nSPS) is 12.6. The lowest BCUT2D eigenvalue weighted by atomic mass is 10.2. The van der Waals surface area contributed by atoms with E-state index in [1.165, 1.54) is 0 Å². The van der Waals surface area contributed by atoms with Gasteiger partial charge in [-0.25, -0.2) is 0 Å². The Kier molecular flexibility index (Phi) is 6.22. The Hall–Kier alpha value is -0.780. The van der Waals surface area contributed by atoms with Crippen LogP contribution in [-0.2, 0) is 27.8 Å². The largest absolute Gasteiger partial charge is 0.385 e. The van der Waals surface area contributed by atoms with Gasteiger partial charge in [0.15, 0.2) is 0 Å². The summed E-state index contributed by atoms with van der Waals surface area (Å²) in [5, 5.41) is 0. The molecule has 0 saturated carbocycles. The second-order valence-electron chi connectivity index (χ2n) is 3.45. The van der Waals surface area contributed by atoms with Crippen LogP contribution in [0.15, 0.2) is 18.3 Å². The molecule has 0 spiro atoms. The van der Waals surface area contributed by atoms with E-state index < -0.39 is 10.8 Å². The van der Waals surface area contributed by atoms with Crippen LogP contribution in [-0.4, -0.2) is 28.7 Å². The number of hydrogen-bond acceptors (Lipinski definition) is 4. The molecule has 5 heteroatoms. The highest BCUT2D eigenvalue weighted by Gasteiger charge is 2.06. The smallest absolute Gasteiger partial charge is 0.0580 e. The highest BCUT2D eigenvalue weighted by Crippen LogP contribution is 2.08. The summed E-state index contributed by atoms with van der Waals surface area (Å²) in [6.45, 7) is 1.05. The van der Waals surface area contributed by atoms with Gasteiger partial charge in [-0.3, -0.25) is 9.19 Å². The fraction of sp³-hybridized carbons (Fsp3) is 0.545. The van der Waals surface area contributed by atoms with E-state index in [0.717, 1.165) is 17.7 Å². The maximum absolute atomic E-state index is 11.7. The second kappa shape index (κ2) is 7.49. The van der Waals surface area contributed by atoms with Crippen molar-refractivity contribution < 1.29 is 8.95 Å². The van der Waals surface area contributed by atoms with Gasteiger partial charge in [-0.1, -0.05) is 6.07 Å². The topological polar surface area (TPSA) is 65.2 Å². The van der Waals surface area contributed by atoms with Gasteiger partial charge in [0, 0.05) is 43.0 Å². The molecule has 0 fully saturated rings. The van der Waals surface area contributed by atoms with Crippen molar-refractivity contribution in [3.63, 3.8) is 0 Å². The van der Waals surface area contributed by atoms with Gasteiger partial charge >= 0.3 is 0 Å². The summed E-state index contributed by atoms with van der Waals surface area (Å²) in [6.07, 6.45) is 2.53. The zero-order valence-corrected chi connectivity index (χ0v) is 10.3. The van der Waals surface area contributed by atoms with E-state index in [1.807, 2.05) is 12.1 Å². The highest BCUT2D eigenvalue weighted by molar-refractivity contribution is 7.84. The monoisotopic (exact) mass is 242 g/mol. The first-order valence-corrected chi connectivity index (χ1v) is 6.73. The number of aromatic nitrogens is 1. The lowest BCUT2D eigenvalue weighted by Crippen LogP contribution is -2.09. The molecule has 1 rings (SSSR count). The average molecular weight is 242 g/mol. The van der Waals surface area contributed by atoms with Crippen molar-refractivity contribution in [1.29, 1.82) is 0 Å². The standard InChI is InChI=1S/C11H18N2O2S/c1-15-6-3-7-16(14)9-10-4-2-5-13-11(10)8-12/h2,4-5H,3,6-9,12H2,1H3. The lowest BCUT2D eigenvalue weighted by molar-refractivity contribution is 0.200. The Balaban J connectivity index is 2.49. The van der Waals surface area contributed by atoms with Crippen molar-refractivity contribution in [1.82, 2.24) is 4.98 Å². The Labute approximate surface area is 98.7 Å². The first kappa shape index (κ1) is 13.3. The Bertz CT molecular complexity index is 345. The Morgan fingerprint density at radius 1 is 1.56 bits per heavy atom. The number of ether oxygens (including phenoxy) is 1. The maximum Gasteiger partial charge on any atom is 0.0580 e. The van der Waals surface area contributed by atoms with Gasteiger partial charge in [-0.15, -0.1) is 0 Å². The third-order valence-electron chi connectivity index (χ3n) is 2.21. The van der Waals surface area contributed by atoms with Crippen LogP contribution in [0, 0.1) is 0 Å². The predicted molar refractivity (Wildman–Crippen MR) is 65.3 cm³/mol. The molecular weight excluding hydrogens is 224 g/mol. The van der Waals surface area contributed by atoms with E-state index in [4.69, 9.17) is 10.5 Å². The van der Waals surface area contributed by atoms with Gasteiger partial charge in [0.2, 0.25) is 0 Å². The summed E-state index contributed by atoms with van der Waals surface area (Å²) in [5.74, 6) is 1.19. The number of pyridine rings is 1. The van der Waals surface area contributed by atoms with E-state index >= 15 is 0 Å². The van der Waals surface area contributed by atoms with E-state index in [9.17, 15) is 4.21 Å². The molecule has 0 saturated heterocycles. The molecule has 0 radical (unpaired) electrons. The molecule has 0 aliphatic rings. The van der Waals surface area contributed by atoms with Crippen molar-refractivity contribution in [2.75, 3.05) is 19.5 Å². The SMILES string of the molecule is COCCCS(=O)Cc1cccnc1CN. The van der Waals surface area contributed by atoms with Crippen LogP contribution in [0.5, 0.6) is 0 Å². The summed E-state index contributed by atoms with van der Waals surface area (Å²) >= 11 is 0. The van der Waals surface area contributed by atoms with Crippen molar-refractivity contribution >= 4 is 10.8 Å². The number of methoxy groups -OCH3 is 1. The molecule has 0 amide bonds. The van der Waals surface area contributed by atoms with Gasteiger partial charge in [0.1, 0.15) is 0 Å². The Morgan fingerprint density at radius 2 is 2.38 bits per heavy atom. The average Bonchev–Trinajstić information content (AvgIpc) is 2.30. The van der Waals surface area contributed by atoms with Crippen LogP contribution in [0.25, 0.3) is 0 Å². The number of hydrogen-bond donors (Lipinski definition) is 1. The van der Waals surface area contributed by atoms with Gasteiger partial charge in [-0.05, 0) is 18.1 Å². The minimum Gasteiger partial charge on any atom is -0.385 e. The molecule has 1 heterocycles. The number of nitrogens with two attached hydrogens (primary N) is 1. The van der Waals surface area contributed by atoms with E-state index in [-0.39, 0.29) is 0 Å². The summed E-state index contributed by atoms with van der Waals surface area (Å²) in [4.78, 5) is 4.16. The van der Waals surface area contributed by atoms with E-state index in [1.54, 1.807) is 13.3 Å². The number of nitrogens with zero attached hydrogens (tertiary/aromatic N) is 1. The minimum absolute atomic E-state index is 0.394. The molecule has 16 heavy (non-hydrogen) atoms. The van der Waals surface area contributed by atoms with Crippen LogP contribution < -0.4 is 5.73 Å². The van der Waals surface area contributed by atoms with Crippen molar-refractivity contribution in [3.05, 3.63) is 29.6 Å².